The van der Waals surface area contributed by atoms with Gasteiger partial charge in [-0.25, -0.2) is 0 Å². The Bertz CT molecular complexity index is 435. The molecular formula is C17H31N3O. The van der Waals surface area contributed by atoms with E-state index in [0.29, 0.717) is 12.0 Å². The van der Waals surface area contributed by atoms with Gasteiger partial charge in [-0.2, -0.15) is 5.10 Å². The maximum Gasteiger partial charge on any atom is 0.0628 e. The summed E-state index contributed by atoms with van der Waals surface area (Å²) >= 11 is 0. The monoisotopic (exact) mass is 293 g/mol. The van der Waals surface area contributed by atoms with Crippen molar-refractivity contribution >= 4 is 0 Å². The van der Waals surface area contributed by atoms with Crippen LogP contribution in [0.25, 0.3) is 0 Å². The van der Waals surface area contributed by atoms with Crippen LogP contribution >= 0.6 is 0 Å². The van der Waals surface area contributed by atoms with Gasteiger partial charge < -0.3 is 10.1 Å². The van der Waals surface area contributed by atoms with Gasteiger partial charge >= 0.3 is 0 Å². The number of ether oxygens (including phenoxy) is 1. The van der Waals surface area contributed by atoms with Gasteiger partial charge in [0, 0.05) is 25.4 Å². The first-order valence-electron chi connectivity index (χ1n) is 8.43. The SMILES string of the molecule is CCCNC(CCc1c(C)nn(C)c1C)C1CCCOC1. The van der Waals surface area contributed by atoms with Crippen molar-refractivity contribution in [3.63, 3.8) is 0 Å². The lowest BCUT2D eigenvalue weighted by Gasteiger charge is -2.31. The van der Waals surface area contributed by atoms with Crippen molar-refractivity contribution in [3.05, 3.63) is 17.0 Å². The molecule has 0 radical (unpaired) electrons. The molecule has 120 valence electrons. The van der Waals surface area contributed by atoms with Crippen LogP contribution in [0.5, 0.6) is 0 Å². The number of rotatable bonds is 7. The van der Waals surface area contributed by atoms with Gasteiger partial charge in [0.25, 0.3) is 0 Å². The molecule has 1 aliphatic heterocycles. The molecule has 21 heavy (non-hydrogen) atoms. The number of hydrogen-bond acceptors (Lipinski definition) is 3. The summed E-state index contributed by atoms with van der Waals surface area (Å²) in [6.45, 7) is 9.50. The quantitative estimate of drug-likeness (QED) is 0.840. The number of hydrogen-bond donors (Lipinski definition) is 1. The van der Waals surface area contributed by atoms with E-state index in [1.807, 2.05) is 11.7 Å². The zero-order chi connectivity index (χ0) is 15.2. The predicted octanol–water partition coefficient (Wildman–Crippen LogP) is 2.76. The van der Waals surface area contributed by atoms with Crippen LogP contribution < -0.4 is 5.32 Å². The third kappa shape index (κ3) is 4.30. The zero-order valence-corrected chi connectivity index (χ0v) is 14.1. The third-order valence-electron chi connectivity index (χ3n) is 4.79. The van der Waals surface area contributed by atoms with Crippen LogP contribution in [0, 0.1) is 19.8 Å². The molecule has 1 aliphatic rings. The molecule has 2 rings (SSSR count). The molecule has 0 aliphatic carbocycles. The summed E-state index contributed by atoms with van der Waals surface area (Å²) in [6.07, 6.45) is 5.99. The highest BCUT2D eigenvalue weighted by molar-refractivity contribution is 5.24. The fourth-order valence-electron chi connectivity index (χ4n) is 3.40. The number of aryl methyl sites for hydroxylation is 2. The fraction of sp³-hybridized carbons (Fsp3) is 0.824. The van der Waals surface area contributed by atoms with E-state index in [0.717, 1.165) is 26.2 Å². The molecule has 2 heterocycles. The minimum Gasteiger partial charge on any atom is -0.381 e. The molecule has 0 spiro atoms. The first kappa shape index (κ1) is 16.5. The molecule has 1 fully saturated rings. The lowest BCUT2D eigenvalue weighted by Crippen LogP contribution is -2.41. The summed E-state index contributed by atoms with van der Waals surface area (Å²) in [5.74, 6) is 0.669. The Balaban J connectivity index is 1.97. The molecule has 4 heteroatoms. The zero-order valence-electron chi connectivity index (χ0n) is 14.1. The summed E-state index contributed by atoms with van der Waals surface area (Å²) in [5, 5.41) is 8.28. The van der Waals surface area contributed by atoms with E-state index in [1.54, 1.807) is 0 Å². The topological polar surface area (TPSA) is 39.1 Å². The van der Waals surface area contributed by atoms with E-state index in [9.17, 15) is 0 Å². The molecule has 2 unspecified atom stereocenters. The van der Waals surface area contributed by atoms with Crippen LogP contribution in [0.15, 0.2) is 0 Å². The van der Waals surface area contributed by atoms with Crippen molar-refractivity contribution in [2.45, 2.75) is 58.9 Å². The number of nitrogens with one attached hydrogen (secondary N) is 1. The van der Waals surface area contributed by atoms with Crippen LogP contribution in [-0.4, -0.2) is 35.6 Å². The average molecular weight is 293 g/mol. The number of nitrogens with zero attached hydrogens (tertiary/aromatic N) is 2. The van der Waals surface area contributed by atoms with Crippen LogP contribution in [0.4, 0.5) is 0 Å². The van der Waals surface area contributed by atoms with Gasteiger partial charge in [-0.3, -0.25) is 4.68 Å². The van der Waals surface area contributed by atoms with E-state index >= 15 is 0 Å². The maximum atomic E-state index is 5.69. The Hall–Kier alpha value is -0.870. The summed E-state index contributed by atoms with van der Waals surface area (Å²) < 4.78 is 7.69. The lowest BCUT2D eigenvalue weighted by molar-refractivity contribution is 0.0380. The third-order valence-corrected chi connectivity index (χ3v) is 4.79. The van der Waals surface area contributed by atoms with Crippen molar-refractivity contribution in [3.8, 4) is 0 Å². The maximum absolute atomic E-state index is 5.69. The Kier molecular flexibility index (Phi) is 6.24. The van der Waals surface area contributed by atoms with Crippen molar-refractivity contribution in [2.24, 2.45) is 13.0 Å². The average Bonchev–Trinajstić information content (AvgIpc) is 2.74. The summed E-state index contributed by atoms with van der Waals surface area (Å²) in [4.78, 5) is 0. The van der Waals surface area contributed by atoms with Crippen LogP contribution in [0.2, 0.25) is 0 Å². The van der Waals surface area contributed by atoms with Crippen LogP contribution in [0.1, 0.15) is 49.6 Å². The molecule has 1 saturated heterocycles. The Morgan fingerprint density at radius 2 is 2.24 bits per heavy atom. The lowest BCUT2D eigenvalue weighted by atomic mass is 9.89. The second-order valence-corrected chi connectivity index (χ2v) is 6.35. The minimum atomic E-state index is 0.573. The van der Waals surface area contributed by atoms with Crippen molar-refractivity contribution in [2.75, 3.05) is 19.8 Å². The van der Waals surface area contributed by atoms with E-state index in [1.165, 1.54) is 42.6 Å². The Labute approximate surface area is 129 Å². The first-order valence-corrected chi connectivity index (χ1v) is 8.43. The molecule has 1 aromatic heterocycles. The smallest absolute Gasteiger partial charge is 0.0628 e. The molecule has 4 nitrogen and oxygen atoms in total. The van der Waals surface area contributed by atoms with Gasteiger partial charge in [-0.15, -0.1) is 0 Å². The highest BCUT2D eigenvalue weighted by Gasteiger charge is 2.24. The highest BCUT2D eigenvalue weighted by Crippen LogP contribution is 2.22. The molecule has 0 amide bonds. The van der Waals surface area contributed by atoms with Crippen LogP contribution in [-0.2, 0) is 18.2 Å². The largest absolute Gasteiger partial charge is 0.381 e. The van der Waals surface area contributed by atoms with Gasteiger partial charge in [0.05, 0.1) is 12.3 Å². The molecule has 1 N–H and O–H groups in total. The number of aromatic nitrogens is 2. The van der Waals surface area contributed by atoms with Gasteiger partial charge in [0.2, 0.25) is 0 Å². The van der Waals surface area contributed by atoms with E-state index in [4.69, 9.17) is 4.74 Å². The first-order chi connectivity index (χ1) is 10.1. The van der Waals surface area contributed by atoms with Crippen molar-refractivity contribution < 1.29 is 4.74 Å². The van der Waals surface area contributed by atoms with Gasteiger partial charge in [0.1, 0.15) is 0 Å². The Morgan fingerprint density at radius 1 is 1.43 bits per heavy atom. The normalized spacial score (nSPS) is 20.7. The highest BCUT2D eigenvalue weighted by atomic mass is 16.5. The minimum absolute atomic E-state index is 0.573. The second-order valence-electron chi connectivity index (χ2n) is 6.35. The second kappa shape index (κ2) is 7.95. The fourth-order valence-corrected chi connectivity index (χ4v) is 3.40. The van der Waals surface area contributed by atoms with E-state index in [-0.39, 0.29) is 0 Å². The Morgan fingerprint density at radius 3 is 2.81 bits per heavy atom. The van der Waals surface area contributed by atoms with Gasteiger partial charge in [-0.1, -0.05) is 6.92 Å². The van der Waals surface area contributed by atoms with Gasteiger partial charge in [0.15, 0.2) is 0 Å². The summed E-state index contributed by atoms with van der Waals surface area (Å²) in [7, 11) is 2.04. The van der Waals surface area contributed by atoms with E-state index < -0.39 is 0 Å². The van der Waals surface area contributed by atoms with E-state index in [2.05, 4.69) is 31.2 Å². The molecule has 0 saturated carbocycles. The predicted molar refractivity (Wildman–Crippen MR) is 86.6 cm³/mol. The summed E-state index contributed by atoms with van der Waals surface area (Å²) in [6, 6.07) is 0.573. The van der Waals surface area contributed by atoms with Crippen LogP contribution in [0.3, 0.4) is 0 Å². The summed E-state index contributed by atoms with van der Waals surface area (Å²) in [5.41, 5.74) is 3.92. The van der Waals surface area contributed by atoms with Gasteiger partial charge in [-0.05, 0) is 64.0 Å². The molecule has 0 bridgehead atoms. The molecule has 0 aromatic carbocycles. The molecule has 1 aromatic rings. The molecular weight excluding hydrogens is 262 g/mol. The van der Waals surface area contributed by atoms with Crippen molar-refractivity contribution in [1.82, 2.24) is 15.1 Å². The van der Waals surface area contributed by atoms with Crippen molar-refractivity contribution in [1.29, 1.82) is 0 Å². The molecule has 2 atom stereocenters. The standard InChI is InChI=1S/C17H31N3O/c1-5-10-18-17(15-7-6-11-21-12-15)9-8-16-13(2)19-20(4)14(16)3/h15,17-18H,5-12H2,1-4H3.